The summed E-state index contributed by atoms with van der Waals surface area (Å²) in [5.74, 6) is -0.965. The van der Waals surface area contributed by atoms with E-state index >= 15 is 0 Å². The predicted molar refractivity (Wildman–Crippen MR) is 116 cm³/mol. The summed E-state index contributed by atoms with van der Waals surface area (Å²) in [4.78, 5) is 28.8. The average molecular weight is 443 g/mol. The highest BCUT2D eigenvalue weighted by atomic mass is 35.5. The van der Waals surface area contributed by atoms with Crippen molar-refractivity contribution >= 4 is 62.6 Å². The van der Waals surface area contributed by atoms with E-state index in [2.05, 4.69) is 10.3 Å². The molecule has 1 unspecified atom stereocenters. The fraction of sp³-hybridized carbons (Fsp3) is 0.136. The van der Waals surface area contributed by atoms with Gasteiger partial charge in [0.15, 0.2) is 11.9 Å². The van der Waals surface area contributed by atoms with E-state index in [4.69, 9.17) is 32.4 Å². The number of furan rings is 1. The van der Waals surface area contributed by atoms with Gasteiger partial charge in [-0.2, -0.15) is 0 Å². The van der Waals surface area contributed by atoms with Gasteiger partial charge in [0, 0.05) is 17.1 Å². The molecule has 0 bridgehead atoms. The van der Waals surface area contributed by atoms with E-state index < -0.39 is 18.0 Å². The predicted octanol–water partition coefficient (Wildman–Crippen LogP) is 5.40. The molecule has 0 aliphatic rings. The van der Waals surface area contributed by atoms with E-state index in [1.54, 1.807) is 6.26 Å². The Morgan fingerprint density at radius 3 is 2.80 bits per heavy atom. The molecule has 0 fully saturated rings. The maximum atomic E-state index is 12.5. The quantitative estimate of drug-likeness (QED) is 0.418. The standard InChI is InChI=1S/C22H16Cl2N2O4/c1-12(22(28)26-21-17(24)9-15(23)10-25-21)30-19(27)8-14-11-29-18-7-6-13-4-2-3-5-16(13)20(14)18/h2-7,9-12H,8H2,1H3,(H,25,26,28). The minimum atomic E-state index is -1.04. The van der Waals surface area contributed by atoms with Crippen LogP contribution in [0.2, 0.25) is 10.0 Å². The molecule has 2 heterocycles. The lowest BCUT2D eigenvalue weighted by Crippen LogP contribution is -2.30. The maximum absolute atomic E-state index is 12.5. The highest BCUT2D eigenvalue weighted by Gasteiger charge is 2.21. The molecule has 4 aromatic rings. The Bertz CT molecular complexity index is 1270. The van der Waals surface area contributed by atoms with E-state index in [1.165, 1.54) is 19.2 Å². The molecule has 1 atom stereocenters. The minimum absolute atomic E-state index is 0.0292. The lowest BCUT2D eigenvalue weighted by Gasteiger charge is -2.13. The molecule has 8 heteroatoms. The lowest BCUT2D eigenvalue weighted by molar-refractivity contribution is -0.152. The van der Waals surface area contributed by atoms with Gasteiger partial charge in [-0.05, 0) is 29.8 Å². The van der Waals surface area contributed by atoms with E-state index in [9.17, 15) is 9.59 Å². The molecule has 1 N–H and O–H groups in total. The van der Waals surface area contributed by atoms with Crippen molar-refractivity contribution in [3.8, 4) is 0 Å². The normalized spacial score (nSPS) is 12.1. The average Bonchev–Trinajstić information content (AvgIpc) is 3.13. The van der Waals surface area contributed by atoms with Crippen LogP contribution in [0, 0.1) is 0 Å². The molecule has 0 saturated carbocycles. The summed E-state index contributed by atoms with van der Waals surface area (Å²) in [6, 6.07) is 13.1. The first-order valence-electron chi connectivity index (χ1n) is 9.11. The van der Waals surface area contributed by atoms with Crippen molar-refractivity contribution in [3.63, 3.8) is 0 Å². The zero-order valence-corrected chi connectivity index (χ0v) is 17.3. The summed E-state index contributed by atoms with van der Waals surface area (Å²) in [5, 5.41) is 5.94. The monoisotopic (exact) mass is 442 g/mol. The molecule has 6 nitrogen and oxygen atoms in total. The van der Waals surface area contributed by atoms with Crippen LogP contribution in [0.1, 0.15) is 12.5 Å². The van der Waals surface area contributed by atoms with Crippen LogP contribution < -0.4 is 5.32 Å². The Kier molecular flexibility index (Phi) is 5.61. The fourth-order valence-electron chi connectivity index (χ4n) is 3.18. The van der Waals surface area contributed by atoms with Gasteiger partial charge in [0.25, 0.3) is 5.91 Å². The molecule has 1 amide bonds. The first-order chi connectivity index (χ1) is 14.4. The van der Waals surface area contributed by atoms with Crippen molar-refractivity contribution in [2.75, 3.05) is 5.32 Å². The Hall–Kier alpha value is -3.09. The van der Waals surface area contributed by atoms with E-state index in [-0.39, 0.29) is 17.3 Å². The van der Waals surface area contributed by atoms with Gasteiger partial charge in [-0.25, -0.2) is 4.98 Å². The van der Waals surface area contributed by atoms with Crippen LogP contribution in [-0.2, 0) is 20.7 Å². The van der Waals surface area contributed by atoms with Gasteiger partial charge in [-0.15, -0.1) is 0 Å². The first-order valence-corrected chi connectivity index (χ1v) is 9.87. The third-order valence-corrected chi connectivity index (χ3v) is 5.10. The van der Waals surface area contributed by atoms with Gasteiger partial charge in [-0.1, -0.05) is 53.5 Å². The number of carbonyl (C=O) groups is 2. The third kappa shape index (κ3) is 4.10. The molecule has 2 aromatic heterocycles. The molecular weight excluding hydrogens is 427 g/mol. The summed E-state index contributed by atoms with van der Waals surface area (Å²) in [6.07, 6.45) is 1.83. The maximum Gasteiger partial charge on any atom is 0.311 e. The number of esters is 1. The zero-order chi connectivity index (χ0) is 21.3. The van der Waals surface area contributed by atoms with Gasteiger partial charge in [0.1, 0.15) is 5.58 Å². The second-order valence-electron chi connectivity index (χ2n) is 6.70. The highest BCUT2D eigenvalue weighted by molar-refractivity contribution is 6.36. The van der Waals surface area contributed by atoms with Crippen LogP contribution in [0.3, 0.4) is 0 Å². The van der Waals surface area contributed by atoms with Crippen molar-refractivity contribution < 1.29 is 18.7 Å². The summed E-state index contributed by atoms with van der Waals surface area (Å²) < 4.78 is 10.9. The Labute approximate surface area is 181 Å². The van der Waals surface area contributed by atoms with Crippen LogP contribution in [0.15, 0.2) is 59.3 Å². The molecular formula is C22H16Cl2N2O4. The number of pyridine rings is 1. The molecule has 0 spiro atoms. The van der Waals surface area contributed by atoms with Crippen molar-refractivity contribution in [2.45, 2.75) is 19.4 Å². The van der Waals surface area contributed by atoms with Crippen LogP contribution in [0.25, 0.3) is 21.7 Å². The number of hydrogen-bond acceptors (Lipinski definition) is 5. The van der Waals surface area contributed by atoms with Crippen molar-refractivity contribution in [3.05, 3.63) is 70.5 Å². The van der Waals surface area contributed by atoms with Crippen LogP contribution >= 0.6 is 23.2 Å². The van der Waals surface area contributed by atoms with Crippen molar-refractivity contribution in [1.82, 2.24) is 4.98 Å². The van der Waals surface area contributed by atoms with E-state index in [1.807, 2.05) is 36.4 Å². The SMILES string of the molecule is CC(OC(=O)Cc1coc2ccc3ccccc3c12)C(=O)Nc1ncc(Cl)cc1Cl. The number of rotatable bonds is 5. The van der Waals surface area contributed by atoms with Gasteiger partial charge >= 0.3 is 5.97 Å². The number of halogens is 2. The fourth-order valence-corrected chi connectivity index (χ4v) is 3.60. The van der Waals surface area contributed by atoms with E-state index in [0.29, 0.717) is 16.2 Å². The number of nitrogens with one attached hydrogen (secondary N) is 1. The number of nitrogens with zero attached hydrogens (tertiary/aromatic N) is 1. The number of ether oxygens (including phenoxy) is 1. The summed E-state index contributed by atoms with van der Waals surface area (Å²) in [7, 11) is 0. The Morgan fingerprint density at radius 1 is 1.20 bits per heavy atom. The van der Waals surface area contributed by atoms with E-state index in [0.717, 1.165) is 16.2 Å². The van der Waals surface area contributed by atoms with Crippen LogP contribution in [0.4, 0.5) is 5.82 Å². The van der Waals surface area contributed by atoms with Crippen LogP contribution in [0.5, 0.6) is 0 Å². The number of carbonyl (C=O) groups excluding carboxylic acids is 2. The molecule has 152 valence electrons. The van der Waals surface area contributed by atoms with Gasteiger partial charge in [0.2, 0.25) is 0 Å². The number of anilines is 1. The Balaban J connectivity index is 1.47. The number of amides is 1. The molecule has 30 heavy (non-hydrogen) atoms. The summed E-state index contributed by atoms with van der Waals surface area (Å²) in [5.41, 5.74) is 1.38. The Morgan fingerprint density at radius 2 is 2.00 bits per heavy atom. The first kappa shape index (κ1) is 20.2. The number of benzene rings is 2. The zero-order valence-electron chi connectivity index (χ0n) is 15.8. The van der Waals surface area contributed by atoms with Crippen LogP contribution in [-0.4, -0.2) is 23.0 Å². The molecule has 0 aliphatic heterocycles. The second kappa shape index (κ2) is 8.34. The van der Waals surface area contributed by atoms with Crippen molar-refractivity contribution in [2.24, 2.45) is 0 Å². The molecule has 0 saturated heterocycles. The molecule has 4 rings (SSSR count). The minimum Gasteiger partial charge on any atom is -0.464 e. The third-order valence-electron chi connectivity index (χ3n) is 4.60. The summed E-state index contributed by atoms with van der Waals surface area (Å²) in [6.45, 7) is 1.47. The van der Waals surface area contributed by atoms with Crippen molar-refractivity contribution in [1.29, 1.82) is 0 Å². The van der Waals surface area contributed by atoms with Gasteiger partial charge in [-0.3, -0.25) is 9.59 Å². The highest BCUT2D eigenvalue weighted by Crippen LogP contribution is 2.30. The lowest BCUT2D eigenvalue weighted by atomic mass is 10.0. The topological polar surface area (TPSA) is 81.4 Å². The second-order valence-corrected chi connectivity index (χ2v) is 7.55. The number of hydrogen-bond donors (Lipinski definition) is 1. The largest absolute Gasteiger partial charge is 0.464 e. The smallest absolute Gasteiger partial charge is 0.311 e. The van der Waals surface area contributed by atoms with Gasteiger partial charge < -0.3 is 14.5 Å². The summed E-state index contributed by atoms with van der Waals surface area (Å²) >= 11 is 11.8. The number of fused-ring (bicyclic) bond motifs is 3. The molecule has 0 radical (unpaired) electrons. The van der Waals surface area contributed by atoms with Gasteiger partial charge in [0.05, 0.1) is 22.7 Å². The molecule has 0 aliphatic carbocycles. The molecule has 2 aromatic carbocycles. The number of aromatic nitrogens is 1.